The molecule has 0 aromatic heterocycles. The second-order valence-corrected chi connectivity index (χ2v) is 4.34. The zero-order valence-corrected chi connectivity index (χ0v) is 12.3. The third-order valence-electron chi connectivity index (χ3n) is 3.25. The van der Waals surface area contributed by atoms with Gasteiger partial charge in [0, 0.05) is 13.1 Å². The maximum atomic E-state index is 11.5. The summed E-state index contributed by atoms with van der Waals surface area (Å²) in [6.07, 6.45) is 1.05. The summed E-state index contributed by atoms with van der Waals surface area (Å²) < 4.78 is 4.75. The number of fused-ring (bicyclic) bond motifs is 3. The molecule has 0 bridgehead atoms. The monoisotopic (exact) mass is 324 g/mol. The highest BCUT2D eigenvalue weighted by atomic mass is 79.9. The van der Waals surface area contributed by atoms with E-state index in [9.17, 15) is 4.79 Å². The van der Waals surface area contributed by atoms with Crippen molar-refractivity contribution in [2.24, 2.45) is 4.99 Å². The lowest BCUT2D eigenvalue weighted by molar-refractivity contribution is -0.138. The molecule has 0 amide bonds. The lowest BCUT2D eigenvalue weighted by Crippen LogP contribution is -3.00. The Labute approximate surface area is 122 Å². The van der Waals surface area contributed by atoms with Crippen LogP contribution < -0.4 is 26.8 Å². The van der Waals surface area contributed by atoms with E-state index in [1.807, 2.05) is 23.1 Å². The summed E-state index contributed by atoms with van der Waals surface area (Å²) in [7, 11) is 1.41. The Morgan fingerprint density at radius 1 is 1.37 bits per heavy atom. The normalized spacial score (nSPS) is 16.2. The van der Waals surface area contributed by atoms with Crippen LogP contribution in [-0.4, -0.2) is 38.7 Å². The second-order valence-electron chi connectivity index (χ2n) is 4.34. The van der Waals surface area contributed by atoms with Crippen LogP contribution in [0.1, 0.15) is 6.42 Å². The van der Waals surface area contributed by atoms with Crippen LogP contribution in [0.5, 0.6) is 0 Å². The number of rotatable bonds is 2. The Balaban J connectivity index is 0.00000133. The molecular formula is C13H15BrN3O2-. The Morgan fingerprint density at radius 3 is 2.84 bits per heavy atom. The summed E-state index contributed by atoms with van der Waals surface area (Å²) in [4.78, 5) is 20.1. The number of carbonyl (C=O) groups excluding carboxylic acids is 1. The average molecular weight is 325 g/mol. The molecule has 0 radical (unpaired) electrons. The largest absolute Gasteiger partial charge is 1.00 e. The van der Waals surface area contributed by atoms with Crippen LogP contribution in [0, 0.1) is 0 Å². The van der Waals surface area contributed by atoms with Crippen LogP contribution in [-0.2, 0) is 9.53 Å². The minimum atomic E-state index is -0.250. The fourth-order valence-corrected chi connectivity index (χ4v) is 2.43. The number of esters is 1. The van der Waals surface area contributed by atoms with Gasteiger partial charge in [-0.2, -0.15) is 0 Å². The van der Waals surface area contributed by atoms with Crippen LogP contribution in [0.15, 0.2) is 29.3 Å². The van der Waals surface area contributed by atoms with Crippen LogP contribution in [0.25, 0.3) is 0 Å². The van der Waals surface area contributed by atoms with Gasteiger partial charge in [-0.15, -0.1) is 0 Å². The molecule has 2 heterocycles. The number of guanidine groups is 1. The van der Waals surface area contributed by atoms with Gasteiger partial charge in [0.15, 0.2) is 0 Å². The number of carbonyl (C=O) groups is 1. The average Bonchev–Trinajstić information content (AvgIpc) is 2.74. The van der Waals surface area contributed by atoms with Crippen molar-refractivity contribution in [1.82, 2.24) is 0 Å². The molecule has 0 saturated carbocycles. The molecule has 19 heavy (non-hydrogen) atoms. The van der Waals surface area contributed by atoms with Crippen molar-refractivity contribution in [2.75, 3.05) is 36.5 Å². The van der Waals surface area contributed by atoms with Crippen LogP contribution in [0.4, 0.5) is 11.4 Å². The van der Waals surface area contributed by atoms with E-state index in [2.05, 4.69) is 16.0 Å². The lowest BCUT2D eigenvalue weighted by atomic mass is 10.2. The molecule has 0 N–H and O–H groups in total. The zero-order chi connectivity index (χ0) is 12.5. The van der Waals surface area contributed by atoms with Crippen LogP contribution in [0.3, 0.4) is 0 Å². The molecule has 1 aromatic rings. The summed E-state index contributed by atoms with van der Waals surface area (Å²) in [5.74, 6) is 0.618. The van der Waals surface area contributed by atoms with Crippen molar-refractivity contribution < 1.29 is 26.5 Å². The number of aliphatic imine (C=N–C) groups is 1. The molecule has 2 aliphatic rings. The number of para-hydroxylation sites is 2. The second kappa shape index (κ2) is 5.61. The molecule has 0 saturated heterocycles. The summed E-state index contributed by atoms with van der Waals surface area (Å²) >= 11 is 0. The van der Waals surface area contributed by atoms with E-state index in [4.69, 9.17) is 4.74 Å². The molecule has 0 atom stereocenters. The van der Waals surface area contributed by atoms with Crippen LogP contribution >= 0.6 is 0 Å². The molecule has 0 aliphatic carbocycles. The maximum absolute atomic E-state index is 11.5. The van der Waals surface area contributed by atoms with E-state index >= 15 is 0 Å². The van der Waals surface area contributed by atoms with E-state index in [-0.39, 0.29) is 29.5 Å². The predicted molar refractivity (Wildman–Crippen MR) is 70.1 cm³/mol. The molecule has 3 rings (SSSR count). The Morgan fingerprint density at radius 2 is 2.11 bits per heavy atom. The van der Waals surface area contributed by atoms with Crippen molar-refractivity contribution >= 4 is 23.3 Å². The van der Waals surface area contributed by atoms with Gasteiger partial charge in [-0.05, 0) is 18.6 Å². The molecule has 5 nitrogen and oxygen atoms in total. The van der Waals surface area contributed by atoms with E-state index in [0.717, 1.165) is 36.8 Å². The standard InChI is InChI=1S/C13H15N3O2.BrH/c1-18-12(17)9-16-11-6-3-2-5-10(11)15-8-4-7-14-13(15)16;/h2-3,5-6H,4,7-9H2,1H3;1H/p-1. The highest BCUT2D eigenvalue weighted by molar-refractivity contribution is 6.17. The molecule has 0 fully saturated rings. The number of halogens is 1. The quantitative estimate of drug-likeness (QED) is 0.605. The summed E-state index contributed by atoms with van der Waals surface area (Å²) in [5, 5.41) is 0. The van der Waals surface area contributed by atoms with Crippen molar-refractivity contribution in [3.05, 3.63) is 24.3 Å². The first-order valence-corrected chi connectivity index (χ1v) is 6.06. The fourth-order valence-electron chi connectivity index (χ4n) is 2.43. The number of benzene rings is 1. The van der Waals surface area contributed by atoms with E-state index in [1.165, 1.54) is 7.11 Å². The molecule has 1 aromatic carbocycles. The molecule has 6 heteroatoms. The van der Waals surface area contributed by atoms with Crippen LogP contribution in [0.2, 0.25) is 0 Å². The number of ether oxygens (including phenoxy) is 1. The Bertz CT molecular complexity index is 518. The van der Waals surface area contributed by atoms with Gasteiger partial charge in [0.25, 0.3) is 0 Å². The number of anilines is 2. The van der Waals surface area contributed by atoms with Crippen molar-refractivity contribution in [3.8, 4) is 0 Å². The Kier molecular flexibility index (Phi) is 4.09. The van der Waals surface area contributed by atoms with Gasteiger partial charge >= 0.3 is 5.97 Å². The highest BCUT2D eigenvalue weighted by Crippen LogP contribution is 2.37. The third-order valence-corrected chi connectivity index (χ3v) is 3.25. The van der Waals surface area contributed by atoms with Gasteiger partial charge in [0.2, 0.25) is 5.96 Å². The van der Waals surface area contributed by atoms with Gasteiger partial charge < -0.3 is 26.6 Å². The summed E-state index contributed by atoms with van der Waals surface area (Å²) in [5.41, 5.74) is 2.16. The van der Waals surface area contributed by atoms with Crippen molar-refractivity contribution in [2.45, 2.75) is 6.42 Å². The molecular weight excluding hydrogens is 310 g/mol. The first-order chi connectivity index (χ1) is 8.81. The first-order valence-electron chi connectivity index (χ1n) is 6.06. The van der Waals surface area contributed by atoms with E-state index < -0.39 is 0 Å². The highest BCUT2D eigenvalue weighted by Gasteiger charge is 2.34. The van der Waals surface area contributed by atoms with Crippen molar-refractivity contribution in [1.29, 1.82) is 0 Å². The van der Waals surface area contributed by atoms with Gasteiger partial charge in [-0.1, -0.05) is 12.1 Å². The molecule has 2 aliphatic heterocycles. The summed E-state index contributed by atoms with van der Waals surface area (Å²) in [6, 6.07) is 8.06. The molecule has 0 unspecified atom stereocenters. The minimum Gasteiger partial charge on any atom is -1.00 e. The number of hydrogen-bond acceptors (Lipinski definition) is 5. The minimum absolute atomic E-state index is 0. The smallest absolute Gasteiger partial charge is 0.325 e. The van der Waals surface area contributed by atoms with Gasteiger partial charge in [0.05, 0.1) is 18.5 Å². The molecule has 0 spiro atoms. The van der Waals surface area contributed by atoms with Gasteiger partial charge in [-0.3, -0.25) is 14.7 Å². The third kappa shape index (κ3) is 2.32. The fraction of sp³-hybridized carbons (Fsp3) is 0.385. The zero-order valence-electron chi connectivity index (χ0n) is 10.7. The predicted octanol–water partition coefficient (Wildman–Crippen LogP) is -1.75. The van der Waals surface area contributed by atoms with E-state index in [1.54, 1.807) is 0 Å². The van der Waals surface area contributed by atoms with Gasteiger partial charge in [0.1, 0.15) is 6.54 Å². The maximum Gasteiger partial charge on any atom is 0.325 e. The van der Waals surface area contributed by atoms with Gasteiger partial charge in [-0.25, -0.2) is 0 Å². The topological polar surface area (TPSA) is 45.1 Å². The SMILES string of the molecule is COC(=O)CN1C2=NCCCN2c2ccccc21.[Br-]. The molecule has 102 valence electrons. The number of nitrogens with zero attached hydrogens (tertiary/aromatic N) is 3. The first kappa shape index (κ1) is 13.9. The van der Waals surface area contributed by atoms with Crippen molar-refractivity contribution in [3.63, 3.8) is 0 Å². The lowest BCUT2D eigenvalue weighted by Gasteiger charge is -2.26. The van der Waals surface area contributed by atoms with E-state index in [0.29, 0.717) is 0 Å². The number of methoxy groups -OCH3 is 1. The summed E-state index contributed by atoms with van der Waals surface area (Å²) in [6.45, 7) is 1.98. The number of hydrogen-bond donors (Lipinski definition) is 0. The Hall–Kier alpha value is -1.56.